The van der Waals surface area contributed by atoms with Crippen LogP contribution in [0.25, 0.3) is 11.3 Å². The van der Waals surface area contributed by atoms with Crippen molar-refractivity contribution in [2.45, 2.75) is 33.3 Å². The molecule has 1 heterocycles. The van der Waals surface area contributed by atoms with Crippen molar-refractivity contribution in [3.8, 4) is 17.0 Å². The largest absolute Gasteiger partial charge is 0.496 e. The van der Waals surface area contributed by atoms with Crippen LogP contribution in [0.2, 0.25) is 0 Å². The van der Waals surface area contributed by atoms with E-state index >= 15 is 0 Å². The van der Waals surface area contributed by atoms with Crippen molar-refractivity contribution >= 4 is 0 Å². The van der Waals surface area contributed by atoms with E-state index in [4.69, 9.17) is 4.74 Å². The highest BCUT2D eigenvalue weighted by Crippen LogP contribution is 2.28. The van der Waals surface area contributed by atoms with Crippen molar-refractivity contribution in [1.29, 1.82) is 0 Å². The zero-order valence-corrected chi connectivity index (χ0v) is 12.7. The number of hydrogen-bond donors (Lipinski definition) is 1. The summed E-state index contributed by atoms with van der Waals surface area (Å²) in [4.78, 5) is 4.61. The number of benzene rings is 1. The second-order valence-corrected chi connectivity index (χ2v) is 5.57. The van der Waals surface area contributed by atoms with E-state index in [1.807, 2.05) is 38.1 Å². The molecule has 3 nitrogen and oxygen atoms in total. The highest BCUT2D eigenvalue weighted by molar-refractivity contribution is 5.62. The fourth-order valence-corrected chi connectivity index (χ4v) is 2.41. The summed E-state index contributed by atoms with van der Waals surface area (Å²) in [6.45, 7) is 7.48. The van der Waals surface area contributed by atoms with Crippen LogP contribution in [0.15, 0.2) is 30.3 Å². The highest BCUT2D eigenvalue weighted by Gasteiger charge is 2.19. The first kappa shape index (κ1) is 14.5. The van der Waals surface area contributed by atoms with Crippen LogP contribution in [0.5, 0.6) is 5.75 Å². The van der Waals surface area contributed by atoms with Crippen molar-refractivity contribution in [1.82, 2.24) is 4.98 Å². The Hall–Kier alpha value is -1.87. The van der Waals surface area contributed by atoms with Gasteiger partial charge in [0.15, 0.2) is 0 Å². The van der Waals surface area contributed by atoms with Crippen LogP contribution in [0.3, 0.4) is 0 Å². The number of pyridine rings is 1. The number of methoxy groups -OCH3 is 1. The molecule has 0 fully saturated rings. The minimum atomic E-state index is -0.870. The highest BCUT2D eigenvalue weighted by atomic mass is 16.5. The number of aryl methyl sites for hydroxylation is 2. The second kappa shape index (κ2) is 5.25. The molecule has 20 heavy (non-hydrogen) atoms. The Morgan fingerprint density at radius 2 is 1.80 bits per heavy atom. The molecule has 1 aromatic heterocycles. The number of aromatic nitrogens is 1. The van der Waals surface area contributed by atoms with Crippen molar-refractivity contribution in [2.75, 3.05) is 7.11 Å². The Labute approximate surface area is 120 Å². The first-order valence-corrected chi connectivity index (χ1v) is 6.68. The minimum Gasteiger partial charge on any atom is -0.496 e. The van der Waals surface area contributed by atoms with Gasteiger partial charge in [-0.25, -0.2) is 0 Å². The molecule has 1 N–H and O–H groups in total. The average Bonchev–Trinajstić information content (AvgIpc) is 2.37. The van der Waals surface area contributed by atoms with Crippen LogP contribution >= 0.6 is 0 Å². The lowest BCUT2D eigenvalue weighted by atomic mass is 9.96. The third kappa shape index (κ3) is 2.83. The van der Waals surface area contributed by atoms with Crippen LogP contribution in [0.4, 0.5) is 0 Å². The Bertz CT molecular complexity index is 627. The molecular formula is C17H21NO2. The fraction of sp³-hybridized carbons (Fsp3) is 0.353. The number of nitrogens with zero attached hydrogens (tertiary/aromatic N) is 1. The topological polar surface area (TPSA) is 42.4 Å². The Morgan fingerprint density at radius 1 is 1.10 bits per heavy atom. The smallest absolute Gasteiger partial charge is 0.121 e. The minimum absolute atomic E-state index is 0.850. The molecular weight excluding hydrogens is 250 g/mol. The molecule has 0 atom stereocenters. The Kier molecular flexibility index (Phi) is 3.82. The van der Waals surface area contributed by atoms with Crippen LogP contribution in [0, 0.1) is 13.8 Å². The lowest BCUT2D eigenvalue weighted by molar-refractivity contribution is 0.0775. The molecule has 0 aliphatic carbocycles. The standard InChI is InChI=1S/C17H21NO2/c1-11-10-13(6-9-16(11)20-5)15-8-7-14(12(2)18-15)17(3,4)19/h6-10,19H,1-5H3. The lowest BCUT2D eigenvalue weighted by Crippen LogP contribution is -2.17. The van der Waals surface area contributed by atoms with E-state index in [-0.39, 0.29) is 0 Å². The van der Waals surface area contributed by atoms with E-state index in [0.717, 1.165) is 33.8 Å². The molecule has 0 bridgehead atoms. The van der Waals surface area contributed by atoms with Gasteiger partial charge in [-0.15, -0.1) is 0 Å². The van der Waals surface area contributed by atoms with Gasteiger partial charge in [-0.3, -0.25) is 4.98 Å². The molecule has 2 rings (SSSR count). The third-order valence-corrected chi connectivity index (χ3v) is 3.44. The normalized spacial score (nSPS) is 11.5. The molecule has 0 unspecified atom stereocenters. The maximum atomic E-state index is 10.1. The van der Waals surface area contributed by atoms with E-state index in [9.17, 15) is 5.11 Å². The zero-order valence-electron chi connectivity index (χ0n) is 12.7. The summed E-state index contributed by atoms with van der Waals surface area (Å²) in [6, 6.07) is 9.89. The van der Waals surface area contributed by atoms with Gasteiger partial charge in [-0.2, -0.15) is 0 Å². The average molecular weight is 271 g/mol. The van der Waals surface area contributed by atoms with Gasteiger partial charge in [0, 0.05) is 16.8 Å². The molecule has 2 aromatic rings. The summed E-state index contributed by atoms with van der Waals surface area (Å²) in [5.74, 6) is 0.874. The maximum absolute atomic E-state index is 10.1. The molecule has 0 radical (unpaired) electrons. The van der Waals surface area contributed by atoms with Crippen LogP contribution in [-0.2, 0) is 5.60 Å². The third-order valence-electron chi connectivity index (χ3n) is 3.44. The van der Waals surface area contributed by atoms with E-state index < -0.39 is 5.60 Å². The lowest BCUT2D eigenvalue weighted by Gasteiger charge is -2.20. The van der Waals surface area contributed by atoms with E-state index in [1.54, 1.807) is 21.0 Å². The fourth-order valence-electron chi connectivity index (χ4n) is 2.41. The van der Waals surface area contributed by atoms with Gasteiger partial charge in [-0.1, -0.05) is 6.07 Å². The van der Waals surface area contributed by atoms with Crippen molar-refractivity contribution < 1.29 is 9.84 Å². The number of ether oxygens (including phenoxy) is 1. The summed E-state index contributed by atoms with van der Waals surface area (Å²) in [5, 5.41) is 10.1. The van der Waals surface area contributed by atoms with Gasteiger partial charge in [0.25, 0.3) is 0 Å². The summed E-state index contributed by atoms with van der Waals surface area (Å²) < 4.78 is 5.27. The molecule has 1 aromatic carbocycles. The van der Waals surface area contributed by atoms with Crippen molar-refractivity contribution in [3.63, 3.8) is 0 Å². The first-order valence-electron chi connectivity index (χ1n) is 6.68. The molecule has 0 saturated heterocycles. The SMILES string of the molecule is COc1ccc(-c2ccc(C(C)(C)O)c(C)n2)cc1C. The van der Waals surface area contributed by atoms with Gasteiger partial charge in [-0.05, 0) is 57.5 Å². The van der Waals surface area contributed by atoms with E-state index in [2.05, 4.69) is 11.1 Å². The molecule has 0 amide bonds. The summed E-state index contributed by atoms with van der Waals surface area (Å²) in [5.41, 5.74) is 3.87. The summed E-state index contributed by atoms with van der Waals surface area (Å²) >= 11 is 0. The Balaban J connectivity index is 2.44. The van der Waals surface area contributed by atoms with Crippen molar-refractivity contribution in [3.05, 3.63) is 47.2 Å². The van der Waals surface area contributed by atoms with E-state index in [0.29, 0.717) is 0 Å². The van der Waals surface area contributed by atoms with Gasteiger partial charge in [0.1, 0.15) is 5.75 Å². The van der Waals surface area contributed by atoms with Gasteiger partial charge in [0.2, 0.25) is 0 Å². The van der Waals surface area contributed by atoms with Crippen molar-refractivity contribution in [2.24, 2.45) is 0 Å². The van der Waals surface area contributed by atoms with Crippen LogP contribution in [-0.4, -0.2) is 17.2 Å². The summed E-state index contributed by atoms with van der Waals surface area (Å²) in [7, 11) is 1.67. The first-order chi connectivity index (χ1) is 9.32. The van der Waals surface area contributed by atoms with Crippen LogP contribution in [0.1, 0.15) is 30.7 Å². The predicted octanol–water partition coefficient (Wildman–Crippen LogP) is 3.60. The summed E-state index contributed by atoms with van der Waals surface area (Å²) in [6.07, 6.45) is 0. The molecule has 0 saturated carbocycles. The molecule has 0 aliphatic rings. The molecule has 0 spiro atoms. The van der Waals surface area contributed by atoms with Gasteiger partial charge < -0.3 is 9.84 Å². The molecule has 3 heteroatoms. The predicted molar refractivity (Wildman–Crippen MR) is 80.9 cm³/mol. The monoisotopic (exact) mass is 271 g/mol. The quantitative estimate of drug-likeness (QED) is 0.927. The van der Waals surface area contributed by atoms with Gasteiger partial charge in [0.05, 0.1) is 18.4 Å². The number of hydrogen-bond acceptors (Lipinski definition) is 3. The van der Waals surface area contributed by atoms with Gasteiger partial charge >= 0.3 is 0 Å². The van der Waals surface area contributed by atoms with E-state index in [1.165, 1.54) is 0 Å². The van der Waals surface area contributed by atoms with Crippen LogP contribution < -0.4 is 4.74 Å². The number of rotatable bonds is 3. The zero-order chi connectivity index (χ0) is 14.9. The Morgan fingerprint density at radius 3 is 2.30 bits per heavy atom. The number of aliphatic hydroxyl groups is 1. The molecule has 106 valence electrons. The maximum Gasteiger partial charge on any atom is 0.121 e. The second-order valence-electron chi connectivity index (χ2n) is 5.57. The molecule has 0 aliphatic heterocycles.